The zero-order chi connectivity index (χ0) is 16.4. The van der Waals surface area contributed by atoms with E-state index in [9.17, 15) is 19.9 Å². The highest BCUT2D eigenvalue weighted by Crippen LogP contribution is 2.52. The Kier molecular flexibility index (Phi) is 5.46. The summed E-state index contributed by atoms with van der Waals surface area (Å²) in [6.07, 6.45) is -2.66. The van der Waals surface area contributed by atoms with Crippen LogP contribution in [0, 0.1) is 0 Å². The van der Waals surface area contributed by atoms with Gasteiger partial charge < -0.3 is 20.1 Å². The second kappa shape index (κ2) is 6.37. The van der Waals surface area contributed by atoms with Crippen molar-refractivity contribution >= 4 is 7.82 Å². The fourth-order valence-electron chi connectivity index (χ4n) is 1.51. The molecule has 0 saturated heterocycles. The van der Waals surface area contributed by atoms with Gasteiger partial charge in [0.05, 0.1) is 12.2 Å². The van der Waals surface area contributed by atoms with Gasteiger partial charge in [-0.05, 0) is 20.8 Å². The fourth-order valence-corrected chi connectivity index (χ4v) is 2.75. The van der Waals surface area contributed by atoms with Crippen LogP contribution < -0.4 is 0 Å². The van der Waals surface area contributed by atoms with Gasteiger partial charge in [0.25, 0.3) is 0 Å². The molecule has 0 bridgehead atoms. The van der Waals surface area contributed by atoms with Crippen molar-refractivity contribution in [2.75, 3.05) is 13.7 Å². The van der Waals surface area contributed by atoms with E-state index >= 15 is 0 Å². The van der Waals surface area contributed by atoms with E-state index in [1.54, 1.807) is 20.8 Å². The molecule has 1 aliphatic rings. The first-order valence-corrected chi connectivity index (χ1v) is 7.62. The number of hydrogen-bond donors (Lipinski definition) is 3. The van der Waals surface area contributed by atoms with Gasteiger partial charge in [0.15, 0.2) is 23.4 Å². The number of ether oxygens (including phenoxy) is 1. The molecule has 0 aromatic rings. The summed E-state index contributed by atoms with van der Waals surface area (Å²) >= 11 is 0. The average molecular weight is 324 g/mol. The Morgan fingerprint density at radius 1 is 1.43 bits per heavy atom. The number of aliphatic hydroxyl groups excluding tert-OH is 3. The molecule has 21 heavy (non-hydrogen) atoms. The molecule has 0 saturated carbocycles. The van der Waals surface area contributed by atoms with Gasteiger partial charge in [-0.1, -0.05) is 6.58 Å². The van der Waals surface area contributed by atoms with Crippen molar-refractivity contribution in [1.82, 2.24) is 0 Å². The first-order valence-electron chi connectivity index (χ1n) is 6.16. The lowest BCUT2D eigenvalue weighted by Gasteiger charge is -2.26. The number of phosphoric acid groups is 1. The highest BCUT2D eigenvalue weighted by Gasteiger charge is 2.38. The van der Waals surface area contributed by atoms with Crippen LogP contribution in [0.1, 0.15) is 20.8 Å². The lowest BCUT2D eigenvalue weighted by Crippen LogP contribution is -2.32. The number of hydrogen-bond acceptors (Lipinski definition) is 8. The molecule has 1 aliphatic heterocycles. The van der Waals surface area contributed by atoms with Crippen molar-refractivity contribution in [3.8, 4) is 0 Å². The van der Waals surface area contributed by atoms with Crippen LogP contribution in [-0.4, -0.2) is 46.8 Å². The normalized spacial score (nSPS) is 23.9. The molecule has 0 aromatic carbocycles. The second-order valence-corrected chi connectivity index (χ2v) is 7.09. The monoisotopic (exact) mass is 324 g/mol. The standard InChI is InChI=1S/C12H21O8P/c1-7-9(14)10(15)11(19-7)8(13)6-18-21(16,17-5)20-12(2,3)4/h8,11,13-15H,1,6H2,2-5H3/t8-,11+,21?/m0/s1. The minimum absolute atomic E-state index is 0.169. The lowest BCUT2D eigenvalue weighted by atomic mass is 10.2. The molecule has 1 unspecified atom stereocenters. The summed E-state index contributed by atoms with van der Waals surface area (Å²) in [5, 5.41) is 28.8. The molecule has 122 valence electrons. The zero-order valence-electron chi connectivity index (χ0n) is 12.4. The van der Waals surface area contributed by atoms with Crippen LogP contribution in [0.2, 0.25) is 0 Å². The lowest BCUT2D eigenvalue weighted by molar-refractivity contribution is -0.0266. The van der Waals surface area contributed by atoms with Gasteiger partial charge in [-0.15, -0.1) is 0 Å². The minimum Gasteiger partial charge on any atom is -0.505 e. The number of phosphoric ester groups is 1. The fraction of sp³-hybridized carbons (Fsp3) is 0.667. The highest BCUT2D eigenvalue weighted by molar-refractivity contribution is 7.48. The Labute approximate surface area is 123 Å². The Bertz CT molecular complexity index is 478. The van der Waals surface area contributed by atoms with Gasteiger partial charge in [0.1, 0.15) is 6.10 Å². The molecule has 8 nitrogen and oxygen atoms in total. The third-order valence-electron chi connectivity index (χ3n) is 2.41. The van der Waals surface area contributed by atoms with E-state index in [4.69, 9.17) is 18.3 Å². The van der Waals surface area contributed by atoms with E-state index in [0.717, 1.165) is 7.11 Å². The van der Waals surface area contributed by atoms with Crippen molar-refractivity contribution in [3.63, 3.8) is 0 Å². The van der Waals surface area contributed by atoms with E-state index in [-0.39, 0.29) is 5.76 Å². The van der Waals surface area contributed by atoms with Crippen molar-refractivity contribution < 1.29 is 38.2 Å². The molecule has 0 aliphatic carbocycles. The van der Waals surface area contributed by atoms with E-state index in [0.29, 0.717) is 0 Å². The number of aliphatic hydroxyl groups is 3. The summed E-state index contributed by atoms with van der Waals surface area (Å²) in [6.45, 7) is 7.83. The van der Waals surface area contributed by atoms with Gasteiger partial charge in [-0.25, -0.2) is 4.57 Å². The second-order valence-electron chi connectivity index (χ2n) is 5.39. The Morgan fingerprint density at radius 3 is 2.38 bits per heavy atom. The Hall–Kier alpha value is -1.05. The van der Waals surface area contributed by atoms with E-state index in [1.807, 2.05) is 0 Å². The predicted molar refractivity (Wildman–Crippen MR) is 73.7 cm³/mol. The molecule has 1 heterocycles. The van der Waals surface area contributed by atoms with Crippen LogP contribution in [-0.2, 0) is 22.9 Å². The van der Waals surface area contributed by atoms with Crippen LogP contribution in [0.3, 0.4) is 0 Å². The summed E-state index contributed by atoms with van der Waals surface area (Å²) < 4.78 is 32.0. The summed E-state index contributed by atoms with van der Waals surface area (Å²) in [5.41, 5.74) is -0.783. The molecule has 0 radical (unpaired) electrons. The SMILES string of the molecule is C=C1O[C@H]([C@@H](O)COP(=O)(OC)OC(C)(C)C)C(O)=C1O. The molecule has 0 fully saturated rings. The maximum absolute atomic E-state index is 12.2. The average Bonchev–Trinajstić information content (AvgIpc) is 2.62. The predicted octanol–water partition coefficient (Wildman–Crippen LogP) is 2.17. The molecule has 0 spiro atoms. The van der Waals surface area contributed by atoms with Crippen LogP contribution in [0.4, 0.5) is 0 Å². The van der Waals surface area contributed by atoms with Gasteiger partial charge in [0, 0.05) is 7.11 Å². The third kappa shape index (κ3) is 4.72. The smallest absolute Gasteiger partial charge is 0.475 e. The first-order chi connectivity index (χ1) is 9.49. The third-order valence-corrected chi connectivity index (χ3v) is 4.09. The maximum Gasteiger partial charge on any atom is 0.475 e. The van der Waals surface area contributed by atoms with E-state index in [1.165, 1.54) is 0 Å². The Balaban J connectivity index is 2.66. The maximum atomic E-state index is 12.2. The van der Waals surface area contributed by atoms with Crippen molar-refractivity contribution in [2.24, 2.45) is 0 Å². The molecule has 3 atom stereocenters. The van der Waals surface area contributed by atoms with Crippen LogP contribution in [0.5, 0.6) is 0 Å². The van der Waals surface area contributed by atoms with Crippen molar-refractivity contribution in [3.05, 3.63) is 23.9 Å². The minimum atomic E-state index is -3.86. The summed E-state index contributed by atoms with van der Waals surface area (Å²) in [7, 11) is -2.72. The van der Waals surface area contributed by atoms with Crippen LogP contribution >= 0.6 is 7.82 Å². The first kappa shape index (κ1) is 18.0. The summed E-state index contributed by atoms with van der Waals surface area (Å²) in [4.78, 5) is 0. The van der Waals surface area contributed by atoms with E-state index in [2.05, 4.69) is 6.58 Å². The topological polar surface area (TPSA) is 115 Å². The molecule has 9 heteroatoms. The van der Waals surface area contributed by atoms with E-state index < -0.39 is 43.8 Å². The largest absolute Gasteiger partial charge is 0.505 e. The molecule has 1 rings (SSSR count). The quantitative estimate of drug-likeness (QED) is 0.637. The molecule has 0 amide bonds. The molecule has 0 aromatic heterocycles. The summed E-state index contributed by atoms with van der Waals surface area (Å²) in [6, 6.07) is 0. The van der Waals surface area contributed by atoms with Crippen LogP contribution in [0.25, 0.3) is 0 Å². The molecular formula is C12H21O8P. The van der Waals surface area contributed by atoms with Crippen LogP contribution in [0.15, 0.2) is 23.9 Å². The number of rotatable bonds is 6. The molecular weight excluding hydrogens is 303 g/mol. The summed E-state index contributed by atoms with van der Waals surface area (Å²) in [5.74, 6) is -1.28. The van der Waals surface area contributed by atoms with Gasteiger partial charge >= 0.3 is 7.82 Å². The highest BCUT2D eigenvalue weighted by atomic mass is 31.2. The van der Waals surface area contributed by atoms with Gasteiger partial charge in [-0.2, -0.15) is 0 Å². The Morgan fingerprint density at radius 2 is 2.00 bits per heavy atom. The van der Waals surface area contributed by atoms with Gasteiger partial charge in [-0.3, -0.25) is 13.6 Å². The van der Waals surface area contributed by atoms with Crippen molar-refractivity contribution in [2.45, 2.75) is 38.6 Å². The van der Waals surface area contributed by atoms with Gasteiger partial charge in [0.2, 0.25) is 0 Å². The van der Waals surface area contributed by atoms with Crippen molar-refractivity contribution in [1.29, 1.82) is 0 Å². The zero-order valence-corrected chi connectivity index (χ0v) is 13.3. The molecule has 3 N–H and O–H groups in total.